The minimum absolute atomic E-state index is 0.260. The Bertz CT molecular complexity index is 398. The van der Waals surface area contributed by atoms with E-state index in [1.165, 1.54) is 5.56 Å². The van der Waals surface area contributed by atoms with Crippen molar-refractivity contribution in [2.24, 2.45) is 5.73 Å². The molecule has 20 heavy (non-hydrogen) atoms. The second-order valence-electron chi connectivity index (χ2n) is 4.48. The molecule has 0 aliphatic carbocycles. The van der Waals surface area contributed by atoms with Gasteiger partial charge in [-0.15, -0.1) is 0 Å². The highest BCUT2D eigenvalue weighted by Crippen LogP contribution is 2.16. The van der Waals surface area contributed by atoms with Gasteiger partial charge in [-0.2, -0.15) is 11.8 Å². The van der Waals surface area contributed by atoms with Gasteiger partial charge in [0.25, 0.3) is 0 Å². The van der Waals surface area contributed by atoms with Gasteiger partial charge in [0.2, 0.25) is 0 Å². The molecule has 112 valence electrons. The lowest BCUT2D eigenvalue weighted by Gasteiger charge is -2.14. The molecule has 0 aliphatic rings. The summed E-state index contributed by atoms with van der Waals surface area (Å²) in [6, 6.07) is 7.34. The third-order valence-corrected chi connectivity index (χ3v) is 3.89. The lowest BCUT2D eigenvalue weighted by atomic mass is 10.1. The molecule has 0 fully saturated rings. The minimum atomic E-state index is -0.552. The quantitative estimate of drug-likeness (QED) is 0.525. The molecule has 1 aromatic carbocycles. The summed E-state index contributed by atoms with van der Waals surface area (Å²) in [6.45, 7) is 3.30. The third kappa shape index (κ3) is 6.79. The number of carbonyl (C=O) groups is 1. The van der Waals surface area contributed by atoms with Crippen LogP contribution in [0.25, 0.3) is 0 Å². The molecule has 0 bridgehead atoms. The Balaban J connectivity index is 2.28. The van der Waals surface area contributed by atoms with Gasteiger partial charge in [-0.05, 0) is 36.8 Å². The molecule has 0 saturated carbocycles. The number of aliphatic hydroxyl groups excluding tert-OH is 1. The number of carbonyl (C=O) groups excluding carboxylic acids is 1. The van der Waals surface area contributed by atoms with Crippen molar-refractivity contribution in [1.29, 1.82) is 0 Å². The van der Waals surface area contributed by atoms with Crippen molar-refractivity contribution in [3.05, 3.63) is 29.8 Å². The highest BCUT2D eigenvalue weighted by molar-refractivity contribution is 7.99. The number of primary amides is 1. The number of hydrogen-bond donors (Lipinski definition) is 4. The number of nitrogens with one attached hydrogen (secondary N) is 2. The number of benzene rings is 1. The van der Waals surface area contributed by atoms with E-state index in [0.717, 1.165) is 24.5 Å². The molecular weight excluding hydrogens is 274 g/mol. The number of thioether (sulfide) groups is 1. The molecule has 5 N–H and O–H groups in total. The van der Waals surface area contributed by atoms with Gasteiger partial charge in [0, 0.05) is 30.6 Å². The topological polar surface area (TPSA) is 87.4 Å². The SMILES string of the molecule is CC(NCCSCCCO)c1ccc(NC(N)=O)cc1. The number of rotatable bonds is 9. The molecule has 2 amide bonds. The summed E-state index contributed by atoms with van der Waals surface area (Å²) in [5.41, 5.74) is 6.93. The van der Waals surface area contributed by atoms with Gasteiger partial charge in [0.1, 0.15) is 0 Å². The number of urea groups is 1. The van der Waals surface area contributed by atoms with Crippen LogP contribution in [0.15, 0.2) is 24.3 Å². The van der Waals surface area contributed by atoms with Gasteiger partial charge < -0.3 is 21.5 Å². The van der Waals surface area contributed by atoms with E-state index in [2.05, 4.69) is 17.6 Å². The number of amides is 2. The molecular formula is C14H23N3O2S. The molecule has 6 heteroatoms. The molecule has 0 spiro atoms. The van der Waals surface area contributed by atoms with E-state index in [0.29, 0.717) is 5.69 Å². The van der Waals surface area contributed by atoms with Crippen molar-refractivity contribution in [3.8, 4) is 0 Å². The predicted molar refractivity (Wildman–Crippen MR) is 85.1 cm³/mol. The lowest BCUT2D eigenvalue weighted by Crippen LogP contribution is -2.22. The van der Waals surface area contributed by atoms with Crippen LogP contribution >= 0.6 is 11.8 Å². The van der Waals surface area contributed by atoms with E-state index >= 15 is 0 Å². The first-order valence-corrected chi connectivity index (χ1v) is 7.87. The zero-order valence-electron chi connectivity index (χ0n) is 11.8. The first-order valence-electron chi connectivity index (χ1n) is 6.72. The maximum Gasteiger partial charge on any atom is 0.316 e. The molecule has 0 radical (unpaired) electrons. The van der Waals surface area contributed by atoms with Gasteiger partial charge in [-0.1, -0.05) is 12.1 Å². The first kappa shape index (κ1) is 16.8. The second-order valence-corrected chi connectivity index (χ2v) is 5.70. The van der Waals surface area contributed by atoms with Crippen molar-refractivity contribution in [1.82, 2.24) is 5.32 Å². The van der Waals surface area contributed by atoms with E-state index in [1.54, 1.807) is 0 Å². The maximum atomic E-state index is 10.7. The Morgan fingerprint density at radius 1 is 1.35 bits per heavy atom. The summed E-state index contributed by atoms with van der Waals surface area (Å²) in [6.07, 6.45) is 0.856. The zero-order valence-corrected chi connectivity index (χ0v) is 12.6. The van der Waals surface area contributed by atoms with Crippen LogP contribution in [0.3, 0.4) is 0 Å². The number of aliphatic hydroxyl groups is 1. The molecule has 1 unspecified atom stereocenters. The third-order valence-electron chi connectivity index (χ3n) is 2.82. The van der Waals surface area contributed by atoms with Crippen molar-refractivity contribution < 1.29 is 9.90 Å². The first-order chi connectivity index (χ1) is 9.63. The van der Waals surface area contributed by atoms with Crippen LogP contribution in [0.1, 0.15) is 24.9 Å². The molecule has 5 nitrogen and oxygen atoms in total. The van der Waals surface area contributed by atoms with E-state index in [-0.39, 0.29) is 12.6 Å². The standard InChI is InChI=1S/C14H23N3O2S/c1-11(16-7-10-20-9-2-8-18)12-3-5-13(6-4-12)17-14(15)19/h3-6,11,16,18H,2,7-10H2,1H3,(H3,15,17,19). The second kappa shape index (κ2) is 9.63. The van der Waals surface area contributed by atoms with Crippen molar-refractivity contribution in [2.45, 2.75) is 19.4 Å². The molecule has 1 atom stereocenters. The Morgan fingerprint density at radius 3 is 2.65 bits per heavy atom. The molecule has 0 saturated heterocycles. The summed E-state index contributed by atoms with van der Waals surface area (Å²) in [7, 11) is 0. The average Bonchev–Trinajstić information content (AvgIpc) is 2.42. The summed E-state index contributed by atoms with van der Waals surface area (Å²) >= 11 is 1.84. The Kier molecular flexibility index (Phi) is 8.10. The Hall–Kier alpha value is -1.24. The summed E-state index contributed by atoms with van der Waals surface area (Å²) in [4.78, 5) is 10.7. The number of nitrogens with two attached hydrogens (primary N) is 1. The molecule has 1 aromatic rings. The van der Waals surface area contributed by atoms with Crippen LogP contribution in [0.4, 0.5) is 10.5 Å². The van der Waals surface area contributed by atoms with Crippen LogP contribution in [0.5, 0.6) is 0 Å². The predicted octanol–water partition coefficient (Wildman–Crippen LogP) is 1.94. The largest absolute Gasteiger partial charge is 0.396 e. The van der Waals surface area contributed by atoms with E-state index < -0.39 is 6.03 Å². The monoisotopic (exact) mass is 297 g/mol. The van der Waals surface area contributed by atoms with Gasteiger partial charge in [-0.3, -0.25) is 0 Å². The van der Waals surface area contributed by atoms with Crippen LogP contribution in [0.2, 0.25) is 0 Å². The van der Waals surface area contributed by atoms with Crippen molar-refractivity contribution in [3.63, 3.8) is 0 Å². The minimum Gasteiger partial charge on any atom is -0.396 e. The normalized spacial score (nSPS) is 12.1. The van der Waals surface area contributed by atoms with Gasteiger partial charge >= 0.3 is 6.03 Å². The van der Waals surface area contributed by atoms with E-state index in [4.69, 9.17) is 10.8 Å². The fourth-order valence-electron chi connectivity index (χ4n) is 1.73. The number of anilines is 1. The summed E-state index contributed by atoms with van der Waals surface area (Å²) in [5, 5.41) is 14.7. The Labute approximate surface area is 124 Å². The zero-order chi connectivity index (χ0) is 14.8. The smallest absolute Gasteiger partial charge is 0.316 e. The molecule has 1 rings (SSSR count). The van der Waals surface area contributed by atoms with Crippen LogP contribution in [-0.2, 0) is 0 Å². The van der Waals surface area contributed by atoms with Crippen molar-refractivity contribution in [2.75, 3.05) is 30.0 Å². The summed E-state index contributed by atoms with van der Waals surface area (Å²) in [5.74, 6) is 2.03. The highest BCUT2D eigenvalue weighted by Gasteiger charge is 2.04. The van der Waals surface area contributed by atoms with Gasteiger partial charge in [-0.25, -0.2) is 4.79 Å². The molecule has 0 heterocycles. The average molecular weight is 297 g/mol. The molecule has 0 aliphatic heterocycles. The van der Waals surface area contributed by atoms with Gasteiger partial charge in [0.05, 0.1) is 0 Å². The van der Waals surface area contributed by atoms with Crippen LogP contribution in [0, 0.1) is 0 Å². The maximum absolute atomic E-state index is 10.7. The fourth-order valence-corrected chi connectivity index (χ4v) is 2.53. The summed E-state index contributed by atoms with van der Waals surface area (Å²) < 4.78 is 0. The molecule has 0 aromatic heterocycles. The van der Waals surface area contributed by atoms with Crippen LogP contribution < -0.4 is 16.4 Å². The lowest BCUT2D eigenvalue weighted by molar-refractivity contribution is 0.259. The van der Waals surface area contributed by atoms with E-state index in [1.807, 2.05) is 36.0 Å². The van der Waals surface area contributed by atoms with Crippen LogP contribution in [-0.4, -0.2) is 35.8 Å². The highest BCUT2D eigenvalue weighted by atomic mass is 32.2. The Morgan fingerprint density at radius 2 is 2.05 bits per heavy atom. The fraction of sp³-hybridized carbons (Fsp3) is 0.500. The van der Waals surface area contributed by atoms with E-state index in [9.17, 15) is 4.79 Å². The number of hydrogen-bond acceptors (Lipinski definition) is 4. The van der Waals surface area contributed by atoms with Crippen molar-refractivity contribution >= 4 is 23.5 Å². The van der Waals surface area contributed by atoms with Gasteiger partial charge in [0.15, 0.2) is 0 Å².